The molecular formula is C16H18F6O2. The van der Waals surface area contributed by atoms with E-state index in [1.54, 1.807) is 0 Å². The molecule has 1 atom stereocenters. The molecule has 0 spiro atoms. The average Bonchev–Trinajstić information content (AvgIpc) is 2.34. The van der Waals surface area contributed by atoms with Crippen molar-refractivity contribution in [3.8, 4) is 0 Å². The predicted octanol–water partition coefficient (Wildman–Crippen LogP) is 4.65. The Labute approximate surface area is 135 Å². The summed E-state index contributed by atoms with van der Waals surface area (Å²) in [6.45, 7) is 3.99. The fourth-order valence-electron chi connectivity index (χ4n) is 1.75. The molecule has 2 nitrogen and oxygen atoms in total. The van der Waals surface area contributed by atoms with Crippen LogP contribution in [-0.4, -0.2) is 21.4 Å². The SMILES string of the molecule is CC(C)(O)C(C)(O)C/C=C/c1cc(C(F)(F)F)cc(C(F)(F)F)c1. The van der Waals surface area contributed by atoms with Gasteiger partial charge in [0, 0.05) is 0 Å². The quantitative estimate of drug-likeness (QED) is 0.771. The number of hydrogen-bond donors (Lipinski definition) is 2. The molecule has 0 amide bonds. The van der Waals surface area contributed by atoms with E-state index < -0.39 is 34.7 Å². The second kappa shape index (κ2) is 6.40. The number of benzene rings is 1. The van der Waals surface area contributed by atoms with Crippen LogP contribution in [0.2, 0.25) is 0 Å². The Morgan fingerprint density at radius 1 is 0.833 bits per heavy atom. The Bertz CT molecular complexity index is 574. The number of halogens is 6. The van der Waals surface area contributed by atoms with E-state index in [-0.39, 0.29) is 18.1 Å². The number of alkyl halides is 6. The van der Waals surface area contributed by atoms with E-state index in [4.69, 9.17) is 0 Å². The first-order valence-corrected chi connectivity index (χ1v) is 6.95. The van der Waals surface area contributed by atoms with Crippen LogP contribution in [0.25, 0.3) is 6.08 Å². The normalized spacial score (nSPS) is 16.5. The number of rotatable bonds is 4. The molecule has 136 valence electrons. The van der Waals surface area contributed by atoms with Crippen molar-refractivity contribution >= 4 is 6.08 Å². The van der Waals surface area contributed by atoms with Crippen molar-refractivity contribution < 1.29 is 36.6 Å². The summed E-state index contributed by atoms with van der Waals surface area (Å²) < 4.78 is 76.4. The molecule has 2 N–H and O–H groups in total. The largest absolute Gasteiger partial charge is 0.416 e. The molecule has 0 aliphatic heterocycles. The van der Waals surface area contributed by atoms with Gasteiger partial charge in [0.25, 0.3) is 0 Å². The lowest BCUT2D eigenvalue weighted by atomic mass is 9.84. The van der Waals surface area contributed by atoms with Crippen LogP contribution in [0.5, 0.6) is 0 Å². The zero-order valence-electron chi connectivity index (χ0n) is 13.3. The Morgan fingerprint density at radius 3 is 1.58 bits per heavy atom. The lowest BCUT2D eigenvalue weighted by Crippen LogP contribution is -2.47. The van der Waals surface area contributed by atoms with Gasteiger partial charge in [-0.3, -0.25) is 0 Å². The summed E-state index contributed by atoms with van der Waals surface area (Å²) in [5.74, 6) is 0. The van der Waals surface area contributed by atoms with Crippen LogP contribution in [0, 0.1) is 0 Å². The van der Waals surface area contributed by atoms with E-state index in [2.05, 4.69) is 0 Å². The summed E-state index contributed by atoms with van der Waals surface area (Å²) in [5.41, 5.74) is -6.22. The minimum Gasteiger partial charge on any atom is -0.387 e. The lowest BCUT2D eigenvalue weighted by Gasteiger charge is -2.34. The van der Waals surface area contributed by atoms with Gasteiger partial charge in [0.05, 0.1) is 22.3 Å². The van der Waals surface area contributed by atoms with Crippen molar-refractivity contribution in [3.05, 3.63) is 41.0 Å². The third kappa shape index (κ3) is 5.24. The van der Waals surface area contributed by atoms with Gasteiger partial charge in [0.15, 0.2) is 0 Å². The van der Waals surface area contributed by atoms with Crippen molar-refractivity contribution in [1.82, 2.24) is 0 Å². The Balaban J connectivity index is 3.18. The topological polar surface area (TPSA) is 40.5 Å². The third-order valence-corrected chi connectivity index (χ3v) is 3.75. The second-order valence-corrected chi connectivity index (χ2v) is 6.28. The van der Waals surface area contributed by atoms with Crippen LogP contribution >= 0.6 is 0 Å². The van der Waals surface area contributed by atoms with Gasteiger partial charge in [-0.15, -0.1) is 0 Å². The van der Waals surface area contributed by atoms with Gasteiger partial charge in [0.2, 0.25) is 0 Å². The van der Waals surface area contributed by atoms with Gasteiger partial charge < -0.3 is 10.2 Å². The Morgan fingerprint density at radius 2 is 1.25 bits per heavy atom. The molecule has 0 heterocycles. The molecule has 0 radical (unpaired) electrons. The van der Waals surface area contributed by atoms with Crippen molar-refractivity contribution in [3.63, 3.8) is 0 Å². The summed E-state index contributed by atoms with van der Waals surface area (Å²) in [7, 11) is 0. The Kier molecular flexibility index (Phi) is 5.47. The highest BCUT2D eigenvalue weighted by Gasteiger charge is 2.37. The van der Waals surface area contributed by atoms with Crippen molar-refractivity contribution in [2.24, 2.45) is 0 Å². The summed E-state index contributed by atoms with van der Waals surface area (Å²) in [5, 5.41) is 19.8. The van der Waals surface area contributed by atoms with Crippen LogP contribution in [0.15, 0.2) is 24.3 Å². The molecule has 0 saturated carbocycles. The van der Waals surface area contributed by atoms with Gasteiger partial charge in [0.1, 0.15) is 0 Å². The first kappa shape index (κ1) is 20.5. The average molecular weight is 356 g/mol. The minimum atomic E-state index is -4.91. The van der Waals surface area contributed by atoms with Crippen molar-refractivity contribution in [2.45, 2.75) is 50.7 Å². The summed E-state index contributed by atoms with van der Waals surface area (Å²) in [4.78, 5) is 0. The fraction of sp³-hybridized carbons (Fsp3) is 0.500. The lowest BCUT2D eigenvalue weighted by molar-refractivity contribution is -0.143. The molecule has 1 unspecified atom stereocenters. The maximum Gasteiger partial charge on any atom is 0.416 e. The van der Waals surface area contributed by atoms with Crippen molar-refractivity contribution in [1.29, 1.82) is 0 Å². The van der Waals surface area contributed by atoms with Gasteiger partial charge in [-0.1, -0.05) is 12.2 Å². The van der Waals surface area contributed by atoms with Gasteiger partial charge >= 0.3 is 12.4 Å². The summed E-state index contributed by atoms with van der Waals surface area (Å²) in [6.07, 6.45) is -7.72. The van der Waals surface area contributed by atoms with Crippen LogP contribution in [0.1, 0.15) is 43.9 Å². The predicted molar refractivity (Wildman–Crippen MR) is 77.0 cm³/mol. The van der Waals surface area contributed by atoms with Gasteiger partial charge in [-0.05, 0) is 51.0 Å². The van der Waals surface area contributed by atoms with E-state index >= 15 is 0 Å². The molecule has 0 aliphatic carbocycles. The molecule has 8 heteroatoms. The summed E-state index contributed by atoms with van der Waals surface area (Å²) in [6, 6.07) is 1.22. The maximum atomic E-state index is 12.7. The standard InChI is InChI=1S/C16H18F6O2/c1-13(2,23)14(3,24)6-4-5-10-7-11(15(17,18)19)9-12(8-10)16(20,21)22/h4-5,7-9,23-24H,6H2,1-3H3/b5-4+. The van der Waals surface area contributed by atoms with E-state index in [1.807, 2.05) is 0 Å². The molecule has 0 fully saturated rings. The second-order valence-electron chi connectivity index (χ2n) is 6.28. The van der Waals surface area contributed by atoms with E-state index in [0.29, 0.717) is 12.1 Å². The first-order chi connectivity index (χ1) is 10.5. The van der Waals surface area contributed by atoms with Crippen LogP contribution < -0.4 is 0 Å². The highest BCUT2D eigenvalue weighted by Crippen LogP contribution is 2.36. The van der Waals surface area contributed by atoms with E-state index in [0.717, 1.165) is 6.08 Å². The van der Waals surface area contributed by atoms with E-state index in [1.165, 1.54) is 26.8 Å². The monoisotopic (exact) mass is 356 g/mol. The van der Waals surface area contributed by atoms with Crippen LogP contribution in [-0.2, 0) is 12.4 Å². The van der Waals surface area contributed by atoms with Crippen LogP contribution in [0.3, 0.4) is 0 Å². The smallest absolute Gasteiger partial charge is 0.387 e. The number of hydrogen-bond acceptors (Lipinski definition) is 2. The highest BCUT2D eigenvalue weighted by molar-refractivity contribution is 5.53. The zero-order chi connectivity index (χ0) is 19.0. The summed E-state index contributed by atoms with van der Waals surface area (Å²) >= 11 is 0. The van der Waals surface area contributed by atoms with Crippen LogP contribution in [0.4, 0.5) is 26.3 Å². The molecule has 24 heavy (non-hydrogen) atoms. The molecule has 0 saturated heterocycles. The molecule has 0 bridgehead atoms. The third-order valence-electron chi connectivity index (χ3n) is 3.75. The molecule has 1 aromatic rings. The highest BCUT2D eigenvalue weighted by atomic mass is 19.4. The number of aliphatic hydroxyl groups is 2. The molecule has 1 aromatic carbocycles. The molecular weight excluding hydrogens is 338 g/mol. The maximum absolute atomic E-state index is 12.7. The van der Waals surface area contributed by atoms with Gasteiger partial charge in [-0.25, -0.2) is 0 Å². The first-order valence-electron chi connectivity index (χ1n) is 6.95. The van der Waals surface area contributed by atoms with E-state index in [9.17, 15) is 36.6 Å². The van der Waals surface area contributed by atoms with Gasteiger partial charge in [-0.2, -0.15) is 26.3 Å². The zero-order valence-corrected chi connectivity index (χ0v) is 13.3. The van der Waals surface area contributed by atoms with Crippen molar-refractivity contribution in [2.75, 3.05) is 0 Å². The Hall–Kier alpha value is -1.54. The minimum absolute atomic E-state index is 0.0460. The molecule has 0 aliphatic rings. The fourth-order valence-corrected chi connectivity index (χ4v) is 1.75. The molecule has 1 rings (SSSR count). The molecule has 0 aromatic heterocycles.